The standard InChI is InChI=1S/C21H34ClN5O2.HI/c1-23-21(24-14-18-5-4-9-26(18)11-12-28-2)25-17-8-10-27(15-17)19-13-16(22)6-7-20(19)29-3;/h6-7,13,17-18H,4-5,8-12,14-15H2,1-3H3,(H2,23,24,25);1H. The molecule has 30 heavy (non-hydrogen) atoms. The Morgan fingerprint density at radius 1 is 1.27 bits per heavy atom. The Labute approximate surface area is 202 Å². The number of methoxy groups -OCH3 is 2. The van der Waals surface area contributed by atoms with Crippen molar-refractivity contribution in [1.29, 1.82) is 0 Å². The predicted molar refractivity (Wildman–Crippen MR) is 135 cm³/mol. The Morgan fingerprint density at radius 3 is 2.83 bits per heavy atom. The lowest BCUT2D eigenvalue weighted by atomic mass is 10.2. The van der Waals surface area contributed by atoms with Crippen LogP contribution in [0.25, 0.3) is 0 Å². The van der Waals surface area contributed by atoms with Crippen LogP contribution in [0.3, 0.4) is 0 Å². The highest BCUT2D eigenvalue weighted by Crippen LogP contribution is 2.33. The topological polar surface area (TPSA) is 61.4 Å². The highest BCUT2D eigenvalue weighted by molar-refractivity contribution is 14.0. The third-order valence-corrected chi connectivity index (χ3v) is 6.06. The molecule has 1 aromatic carbocycles. The van der Waals surface area contributed by atoms with Crippen molar-refractivity contribution in [2.75, 3.05) is 65.5 Å². The van der Waals surface area contributed by atoms with Crippen LogP contribution < -0.4 is 20.3 Å². The molecule has 7 nitrogen and oxygen atoms in total. The summed E-state index contributed by atoms with van der Waals surface area (Å²) < 4.78 is 10.8. The molecule has 2 heterocycles. The van der Waals surface area contributed by atoms with Crippen LogP contribution in [-0.2, 0) is 4.74 Å². The molecule has 2 unspecified atom stereocenters. The van der Waals surface area contributed by atoms with Crippen LogP contribution >= 0.6 is 35.6 Å². The highest BCUT2D eigenvalue weighted by atomic mass is 127. The molecule has 0 amide bonds. The average molecular weight is 552 g/mol. The van der Waals surface area contributed by atoms with Crippen LogP contribution in [0.2, 0.25) is 5.02 Å². The van der Waals surface area contributed by atoms with Crippen LogP contribution in [0.4, 0.5) is 5.69 Å². The first-order chi connectivity index (χ1) is 14.1. The summed E-state index contributed by atoms with van der Waals surface area (Å²) in [5.74, 6) is 1.73. The Bertz CT molecular complexity index is 693. The second-order valence-electron chi connectivity index (χ2n) is 7.67. The highest BCUT2D eigenvalue weighted by Gasteiger charge is 2.27. The number of guanidine groups is 1. The third kappa shape index (κ3) is 6.77. The summed E-state index contributed by atoms with van der Waals surface area (Å²) in [6.45, 7) is 5.69. The quantitative estimate of drug-likeness (QED) is 0.294. The Morgan fingerprint density at radius 2 is 2.10 bits per heavy atom. The first kappa shape index (κ1) is 25.3. The van der Waals surface area contributed by atoms with Gasteiger partial charge in [0.05, 0.1) is 19.4 Å². The number of halogens is 2. The molecule has 0 aliphatic carbocycles. The second-order valence-corrected chi connectivity index (χ2v) is 8.11. The molecular weight excluding hydrogens is 517 g/mol. The van der Waals surface area contributed by atoms with E-state index in [4.69, 9.17) is 21.1 Å². The maximum absolute atomic E-state index is 6.20. The number of ether oxygens (including phenoxy) is 2. The largest absolute Gasteiger partial charge is 0.495 e. The van der Waals surface area contributed by atoms with E-state index in [0.29, 0.717) is 12.1 Å². The molecule has 9 heteroatoms. The number of nitrogens with one attached hydrogen (secondary N) is 2. The zero-order valence-electron chi connectivity index (χ0n) is 18.2. The molecule has 1 aromatic rings. The van der Waals surface area contributed by atoms with Gasteiger partial charge in [-0.3, -0.25) is 9.89 Å². The van der Waals surface area contributed by atoms with Crippen molar-refractivity contribution in [3.8, 4) is 5.75 Å². The number of likely N-dealkylation sites (tertiary alicyclic amines) is 1. The minimum atomic E-state index is 0. The lowest BCUT2D eigenvalue weighted by Gasteiger charge is -2.26. The fraction of sp³-hybridized carbons (Fsp3) is 0.667. The molecular formula is C21H35ClIN5O2. The molecule has 2 N–H and O–H groups in total. The van der Waals surface area contributed by atoms with Crippen molar-refractivity contribution < 1.29 is 9.47 Å². The van der Waals surface area contributed by atoms with Gasteiger partial charge in [-0.1, -0.05) is 11.6 Å². The summed E-state index contributed by atoms with van der Waals surface area (Å²) in [5, 5.41) is 7.83. The molecule has 2 aliphatic rings. The van der Waals surface area contributed by atoms with E-state index in [1.165, 1.54) is 12.8 Å². The SMILES string of the molecule is CN=C(NCC1CCCN1CCOC)NC1CCN(c2cc(Cl)ccc2OC)C1.I. The van der Waals surface area contributed by atoms with Gasteiger partial charge < -0.3 is 25.0 Å². The number of aliphatic imine (C=N–C) groups is 1. The van der Waals surface area contributed by atoms with E-state index in [0.717, 1.165) is 68.2 Å². The zero-order valence-corrected chi connectivity index (χ0v) is 21.3. The molecule has 170 valence electrons. The summed E-state index contributed by atoms with van der Waals surface area (Å²) >= 11 is 6.20. The normalized spacial score (nSPS) is 22.1. The van der Waals surface area contributed by atoms with E-state index in [1.807, 2.05) is 25.2 Å². The van der Waals surface area contributed by atoms with Crippen molar-refractivity contribution in [3.05, 3.63) is 23.2 Å². The van der Waals surface area contributed by atoms with Crippen molar-refractivity contribution in [2.45, 2.75) is 31.3 Å². The van der Waals surface area contributed by atoms with Crippen LogP contribution in [0.5, 0.6) is 5.75 Å². The fourth-order valence-corrected chi connectivity index (χ4v) is 4.41. The van der Waals surface area contributed by atoms with Crippen molar-refractivity contribution >= 4 is 47.2 Å². The van der Waals surface area contributed by atoms with Gasteiger partial charge in [-0.25, -0.2) is 0 Å². The molecule has 0 aromatic heterocycles. The molecule has 2 saturated heterocycles. The molecule has 0 bridgehead atoms. The minimum Gasteiger partial charge on any atom is -0.495 e. The molecule has 2 fully saturated rings. The third-order valence-electron chi connectivity index (χ3n) is 5.82. The summed E-state index contributed by atoms with van der Waals surface area (Å²) in [5.41, 5.74) is 1.05. The lowest BCUT2D eigenvalue weighted by molar-refractivity contribution is 0.141. The molecule has 0 saturated carbocycles. The minimum absolute atomic E-state index is 0. The van der Waals surface area contributed by atoms with Crippen LogP contribution in [0.1, 0.15) is 19.3 Å². The average Bonchev–Trinajstić information content (AvgIpc) is 3.38. The maximum Gasteiger partial charge on any atom is 0.191 e. The van der Waals surface area contributed by atoms with Gasteiger partial charge >= 0.3 is 0 Å². The number of nitrogens with zero attached hydrogens (tertiary/aromatic N) is 3. The van der Waals surface area contributed by atoms with Crippen molar-refractivity contribution in [2.24, 2.45) is 4.99 Å². The van der Waals surface area contributed by atoms with E-state index >= 15 is 0 Å². The Hall–Kier alpha value is -0.970. The number of hydrogen-bond acceptors (Lipinski definition) is 5. The number of benzene rings is 1. The van der Waals surface area contributed by atoms with Crippen LogP contribution in [0.15, 0.2) is 23.2 Å². The first-order valence-electron chi connectivity index (χ1n) is 10.4. The number of hydrogen-bond donors (Lipinski definition) is 2. The molecule has 0 radical (unpaired) electrons. The van der Waals surface area contributed by atoms with E-state index in [2.05, 4.69) is 25.4 Å². The summed E-state index contributed by atoms with van der Waals surface area (Å²) in [7, 11) is 5.29. The monoisotopic (exact) mass is 551 g/mol. The van der Waals surface area contributed by atoms with Crippen molar-refractivity contribution in [1.82, 2.24) is 15.5 Å². The predicted octanol–water partition coefficient (Wildman–Crippen LogP) is 2.82. The summed E-state index contributed by atoms with van der Waals surface area (Å²) in [6.07, 6.45) is 3.51. The van der Waals surface area contributed by atoms with Gasteiger partial charge in [-0.05, 0) is 44.0 Å². The van der Waals surface area contributed by atoms with Crippen LogP contribution in [0, 0.1) is 0 Å². The molecule has 2 atom stereocenters. The van der Waals surface area contributed by atoms with Gasteiger partial charge in [-0.15, -0.1) is 24.0 Å². The summed E-state index contributed by atoms with van der Waals surface area (Å²) in [4.78, 5) is 9.26. The van der Waals surface area contributed by atoms with E-state index in [9.17, 15) is 0 Å². The molecule has 0 spiro atoms. The fourth-order valence-electron chi connectivity index (χ4n) is 4.24. The maximum atomic E-state index is 6.20. The van der Waals surface area contributed by atoms with E-state index < -0.39 is 0 Å². The Balaban J connectivity index is 0.00000320. The van der Waals surface area contributed by atoms with Gasteiger partial charge in [-0.2, -0.15) is 0 Å². The van der Waals surface area contributed by atoms with Crippen molar-refractivity contribution in [3.63, 3.8) is 0 Å². The molecule has 3 rings (SSSR count). The van der Waals surface area contributed by atoms with Gasteiger partial charge in [0.15, 0.2) is 5.96 Å². The van der Waals surface area contributed by atoms with E-state index in [1.54, 1.807) is 14.2 Å². The van der Waals surface area contributed by atoms with Crippen LogP contribution in [-0.4, -0.2) is 83.5 Å². The first-order valence-corrected chi connectivity index (χ1v) is 10.8. The van der Waals surface area contributed by atoms with Gasteiger partial charge in [0.2, 0.25) is 0 Å². The van der Waals surface area contributed by atoms with Gasteiger partial charge in [0.25, 0.3) is 0 Å². The smallest absolute Gasteiger partial charge is 0.191 e. The summed E-state index contributed by atoms with van der Waals surface area (Å²) in [6, 6.07) is 6.64. The van der Waals surface area contributed by atoms with Gasteiger partial charge in [0.1, 0.15) is 5.75 Å². The number of anilines is 1. The zero-order chi connectivity index (χ0) is 20.6. The second kappa shape index (κ2) is 12.8. The molecule has 2 aliphatic heterocycles. The Kier molecular flexibility index (Phi) is 10.8. The van der Waals surface area contributed by atoms with Gasteiger partial charge in [0, 0.05) is 57.4 Å². The number of rotatable bonds is 8. The lowest BCUT2D eigenvalue weighted by Crippen LogP contribution is -2.48. The van der Waals surface area contributed by atoms with E-state index in [-0.39, 0.29) is 24.0 Å².